The highest BCUT2D eigenvalue weighted by Gasteiger charge is 2.26. The minimum atomic E-state index is -0.838. The Bertz CT molecular complexity index is 1470. The number of halogens is 1. The van der Waals surface area contributed by atoms with Gasteiger partial charge in [-0.3, -0.25) is 19.5 Å². The lowest BCUT2D eigenvalue weighted by molar-refractivity contribution is -0.138. The summed E-state index contributed by atoms with van der Waals surface area (Å²) in [4.78, 5) is 38.5. The molecule has 0 radical (unpaired) electrons. The number of carboxylic acids is 1. The molecule has 12 nitrogen and oxygen atoms in total. The van der Waals surface area contributed by atoms with Crippen LogP contribution >= 0.6 is 0 Å². The minimum Gasteiger partial charge on any atom is -0.480 e. The molecule has 0 aromatic carbocycles. The first-order valence-electron chi connectivity index (χ1n) is 12.5. The molecule has 1 fully saturated rings. The summed E-state index contributed by atoms with van der Waals surface area (Å²) in [5.74, 6) is -0.966. The number of nitrogens with one attached hydrogen (secondary N) is 3. The molecular weight excluding hydrogens is 505 g/mol. The molecule has 1 aliphatic carbocycles. The summed E-state index contributed by atoms with van der Waals surface area (Å²) in [6.07, 6.45) is 8.80. The van der Waals surface area contributed by atoms with Crippen LogP contribution in [0.25, 0.3) is 5.65 Å². The molecule has 0 unspecified atom stereocenters. The van der Waals surface area contributed by atoms with Gasteiger partial charge in [0, 0.05) is 30.5 Å². The molecule has 1 saturated carbocycles. The minimum absolute atomic E-state index is 0.00399. The van der Waals surface area contributed by atoms with E-state index in [-0.39, 0.29) is 30.0 Å². The second kappa shape index (κ2) is 11.4. The molecule has 4 aromatic heterocycles. The Morgan fingerprint density at radius 2 is 1.90 bits per heavy atom. The van der Waals surface area contributed by atoms with Gasteiger partial charge in [-0.2, -0.15) is 0 Å². The number of anilines is 4. The van der Waals surface area contributed by atoms with Crippen LogP contribution in [-0.2, 0) is 4.79 Å². The highest BCUT2D eigenvalue weighted by atomic mass is 19.1. The first-order valence-corrected chi connectivity index (χ1v) is 12.5. The van der Waals surface area contributed by atoms with E-state index in [1.54, 1.807) is 12.3 Å². The summed E-state index contributed by atoms with van der Waals surface area (Å²) in [5, 5.41) is 23.0. The molecule has 1 amide bonds. The second-order valence-electron chi connectivity index (χ2n) is 9.43. The average molecular weight is 534 g/mol. The number of rotatable bonds is 9. The van der Waals surface area contributed by atoms with Gasteiger partial charge in [-0.25, -0.2) is 18.9 Å². The van der Waals surface area contributed by atoms with Crippen LogP contribution in [0.4, 0.5) is 27.4 Å². The number of amides is 1. The third kappa shape index (κ3) is 6.09. The topological polar surface area (TPSA) is 150 Å². The van der Waals surface area contributed by atoms with E-state index in [4.69, 9.17) is 5.11 Å². The quantitative estimate of drug-likeness (QED) is 0.252. The number of aromatic nitrogens is 5. The summed E-state index contributed by atoms with van der Waals surface area (Å²) >= 11 is 0. The first kappa shape index (κ1) is 26.0. The van der Waals surface area contributed by atoms with Gasteiger partial charge < -0.3 is 21.1 Å². The summed E-state index contributed by atoms with van der Waals surface area (Å²) in [6, 6.07) is 8.95. The summed E-state index contributed by atoms with van der Waals surface area (Å²) in [7, 11) is 1.83. The SMILES string of the molecule is CN(CC(=O)O)[C@H]1CC[C@H](Nc2cc(Nc3ccccn3)c3ncc(C(=O)Nc4ccncc4F)n3n2)CC1. The molecule has 4 N–H and O–H groups in total. The van der Waals surface area contributed by atoms with Crippen molar-refractivity contribution in [2.24, 2.45) is 0 Å². The summed E-state index contributed by atoms with van der Waals surface area (Å²) < 4.78 is 15.5. The number of hydrogen-bond donors (Lipinski definition) is 4. The zero-order chi connectivity index (χ0) is 27.4. The van der Waals surface area contributed by atoms with Crippen LogP contribution in [0.3, 0.4) is 0 Å². The Balaban J connectivity index is 1.40. The highest BCUT2D eigenvalue weighted by Crippen LogP contribution is 2.28. The van der Waals surface area contributed by atoms with Gasteiger partial charge >= 0.3 is 5.97 Å². The molecule has 1 aliphatic rings. The number of carbonyl (C=O) groups is 2. The third-order valence-corrected chi connectivity index (χ3v) is 6.71. The van der Waals surface area contributed by atoms with Crippen molar-refractivity contribution in [3.63, 3.8) is 0 Å². The molecule has 0 saturated heterocycles. The Kier molecular flexibility index (Phi) is 7.59. The van der Waals surface area contributed by atoms with E-state index in [1.807, 2.05) is 30.1 Å². The number of likely N-dealkylation sites (N-methyl/N-ethyl adjacent to an activating group) is 1. The molecule has 202 valence electrons. The van der Waals surface area contributed by atoms with Crippen molar-refractivity contribution in [3.8, 4) is 0 Å². The zero-order valence-electron chi connectivity index (χ0n) is 21.2. The van der Waals surface area contributed by atoms with Crippen LogP contribution in [0.1, 0.15) is 36.2 Å². The number of imidazole rings is 1. The molecule has 5 rings (SSSR count). The summed E-state index contributed by atoms with van der Waals surface area (Å²) in [5.41, 5.74) is 1.09. The number of hydrogen-bond acceptors (Lipinski definition) is 9. The normalized spacial score (nSPS) is 17.2. The van der Waals surface area contributed by atoms with Crippen LogP contribution in [0, 0.1) is 5.82 Å². The predicted molar refractivity (Wildman–Crippen MR) is 143 cm³/mol. The molecule has 0 atom stereocenters. The van der Waals surface area contributed by atoms with E-state index < -0.39 is 17.7 Å². The maximum absolute atomic E-state index is 14.1. The fraction of sp³-hybridized carbons (Fsp3) is 0.308. The van der Waals surface area contributed by atoms with Crippen molar-refractivity contribution in [1.29, 1.82) is 0 Å². The van der Waals surface area contributed by atoms with E-state index in [0.717, 1.165) is 31.9 Å². The van der Waals surface area contributed by atoms with E-state index >= 15 is 0 Å². The van der Waals surface area contributed by atoms with E-state index in [2.05, 4.69) is 36.0 Å². The fourth-order valence-electron chi connectivity index (χ4n) is 4.74. The fourth-order valence-corrected chi connectivity index (χ4v) is 4.74. The number of carboxylic acid groups (broad SMARTS) is 1. The molecule has 13 heteroatoms. The molecular formula is C26H28FN9O3. The number of nitrogens with zero attached hydrogens (tertiary/aromatic N) is 6. The molecule has 0 aliphatic heterocycles. The van der Waals surface area contributed by atoms with Crippen molar-refractivity contribution in [3.05, 3.63) is 66.6 Å². The third-order valence-electron chi connectivity index (χ3n) is 6.71. The van der Waals surface area contributed by atoms with Gasteiger partial charge in [0.1, 0.15) is 11.6 Å². The lowest BCUT2D eigenvalue weighted by Gasteiger charge is -2.34. The first-order chi connectivity index (χ1) is 18.9. The van der Waals surface area contributed by atoms with Crippen LogP contribution in [-0.4, -0.2) is 72.1 Å². The van der Waals surface area contributed by atoms with Crippen molar-refractivity contribution in [2.45, 2.75) is 37.8 Å². The van der Waals surface area contributed by atoms with Crippen LogP contribution in [0.15, 0.2) is 55.1 Å². The number of carbonyl (C=O) groups excluding carboxylic acids is 1. The van der Waals surface area contributed by atoms with Gasteiger partial charge in [-0.15, -0.1) is 5.10 Å². The molecule has 4 heterocycles. The smallest absolute Gasteiger partial charge is 0.317 e. The van der Waals surface area contributed by atoms with Crippen molar-refractivity contribution in [1.82, 2.24) is 29.5 Å². The van der Waals surface area contributed by atoms with Gasteiger partial charge in [-0.05, 0) is 50.9 Å². The maximum Gasteiger partial charge on any atom is 0.317 e. The van der Waals surface area contributed by atoms with Gasteiger partial charge in [0.25, 0.3) is 5.91 Å². The largest absolute Gasteiger partial charge is 0.480 e. The second-order valence-corrected chi connectivity index (χ2v) is 9.43. The Morgan fingerprint density at radius 1 is 1.08 bits per heavy atom. The molecule has 4 aromatic rings. The number of pyridine rings is 2. The van der Waals surface area contributed by atoms with E-state index in [1.165, 1.54) is 23.0 Å². The van der Waals surface area contributed by atoms with Crippen molar-refractivity contribution >= 4 is 40.5 Å². The maximum atomic E-state index is 14.1. The summed E-state index contributed by atoms with van der Waals surface area (Å²) in [6.45, 7) is 0.0123. The average Bonchev–Trinajstić information content (AvgIpc) is 3.35. The Labute approximate surface area is 223 Å². The van der Waals surface area contributed by atoms with Gasteiger partial charge in [-0.1, -0.05) is 6.07 Å². The lowest BCUT2D eigenvalue weighted by Crippen LogP contribution is -2.40. The van der Waals surface area contributed by atoms with E-state index in [0.29, 0.717) is 23.0 Å². The molecule has 0 spiro atoms. The van der Waals surface area contributed by atoms with Crippen LogP contribution < -0.4 is 16.0 Å². The van der Waals surface area contributed by atoms with Crippen LogP contribution in [0.5, 0.6) is 0 Å². The van der Waals surface area contributed by atoms with Gasteiger partial charge in [0.05, 0.1) is 30.3 Å². The Morgan fingerprint density at radius 3 is 2.62 bits per heavy atom. The number of fused-ring (bicyclic) bond motifs is 1. The van der Waals surface area contributed by atoms with Gasteiger partial charge in [0.15, 0.2) is 17.2 Å². The highest BCUT2D eigenvalue weighted by molar-refractivity contribution is 6.03. The molecule has 39 heavy (non-hydrogen) atoms. The van der Waals surface area contributed by atoms with E-state index in [9.17, 15) is 14.0 Å². The van der Waals surface area contributed by atoms with Crippen molar-refractivity contribution < 1.29 is 19.1 Å². The Hall–Kier alpha value is -4.65. The number of aliphatic carboxylic acids is 1. The lowest BCUT2D eigenvalue weighted by atomic mass is 9.90. The molecule has 0 bridgehead atoms. The van der Waals surface area contributed by atoms with Gasteiger partial charge in [0.2, 0.25) is 0 Å². The zero-order valence-corrected chi connectivity index (χ0v) is 21.2. The van der Waals surface area contributed by atoms with Crippen LogP contribution in [0.2, 0.25) is 0 Å². The monoisotopic (exact) mass is 533 g/mol. The van der Waals surface area contributed by atoms with Crippen molar-refractivity contribution in [2.75, 3.05) is 29.5 Å². The predicted octanol–water partition coefficient (Wildman–Crippen LogP) is 3.39. The standard InChI is InChI=1S/C26H28FN9O3/c1-35(15-24(37)38)17-7-5-16(6-8-17)31-23-12-20(32-22-4-2-3-10-29-22)25-30-14-21(36(25)34-23)26(39)33-19-9-11-28-13-18(19)27/h2-4,9-14,16-17H,5-8,15H2,1H3,(H,29,32)(H,31,34)(H,37,38)(H,28,33,39)/t16-,17-.